The third kappa shape index (κ3) is 3.61. The molecule has 4 nitrogen and oxygen atoms in total. The number of hydrogen-bond acceptors (Lipinski definition) is 3. The fraction of sp³-hybridized carbons (Fsp3) is 0.579. The van der Waals surface area contributed by atoms with Gasteiger partial charge in [-0.25, -0.2) is 0 Å². The monoisotopic (exact) mass is 346 g/mol. The largest absolute Gasteiger partial charge is 0.342 e. The molecule has 0 aliphatic carbocycles. The summed E-state index contributed by atoms with van der Waals surface area (Å²) < 4.78 is 0. The number of carbonyl (C=O) groups is 2. The van der Waals surface area contributed by atoms with Crippen LogP contribution in [0.15, 0.2) is 29.2 Å². The fourth-order valence-corrected chi connectivity index (χ4v) is 4.68. The molecule has 0 unspecified atom stereocenters. The van der Waals surface area contributed by atoms with E-state index in [2.05, 4.69) is 19.1 Å². The molecule has 1 aromatic rings. The van der Waals surface area contributed by atoms with Gasteiger partial charge in [0, 0.05) is 36.2 Å². The van der Waals surface area contributed by atoms with Gasteiger partial charge in [-0.3, -0.25) is 9.59 Å². The van der Waals surface area contributed by atoms with E-state index in [0.29, 0.717) is 18.2 Å². The number of nitrogens with zero attached hydrogens (tertiary/aromatic N) is 2. The van der Waals surface area contributed by atoms with Crippen LogP contribution < -0.4 is 4.90 Å². The maximum absolute atomic E-state index is 13.2. The highest BCUT2D eigenvalue weighted by Gasteiger charge is 2.33. The summed E-state index contributed by atoms with van der Waals surface area (Å²) in [5, 5.41) is 0.508. The van der Waals surface area contributed by atoms with Crippen molar-refractivity contribution in [2.24, 2.45) is 5.92 Å². The van der Waals surface area contributed by atoms with Gasteiger partial charge in [-0.15, -0.1) is 11.8 Å². The van der Waals surface area contributed by atoms with Crippen LogP contribution in [0.1, 0.15) is 39.5 Å². The van der Waals surface area contributed by atoms with Gasteiger partial charge in [0.15, 0.2) is 0 Å². The van der Waals surface area contributed by atoms with E-state index in [1.54, 1.807) is 0 Å². The Morgan fingerprint density at radius 3 is 2.79 bits per heavy atom. The zero-order valence-electron chi connectivity index (χ0n) is 14.5. The summed E-state index contributed by atoms with van der Waals surface area (Å²) in [7, 11) is 0. The number of thioether (sulfide) groups is 1. The molecule has 2 atom stereocenters. The van der Waals surface area contributed by atoms with E-state index in [-0.39, 0.29) is 17.7 Å². The Morgan fingerprint density at radius 1 is 1.21 bits per heavy atom. The minimum atomic E-state index is -0.0688. The molecule has 0 spiro atoms. The summed E-state index contributed by atoms with van der Waals surface area (Å²) in [4.78, 5) is 30.2. The van der Waals surface area contributed by atoms with Crippen molar-refractivity contribution in [3.63, 3.8) is 0 Å². The molecular weight excluding hydrogens is 320 g/mol. The quantitative estimate of drug-likeness (QED) is 0.822. The summed E-state index contributed by atoms with van der Waals surface area (Å²) in [6, 6.07) is 8.20. The molecule has 2 aliphatic rings. The highest BCUT2D eigenvalue weighted by Crippen LogP contribution is 2.38. The van der Waals surface area contributed by atoms with Gasteiger partial charge < -0.3 is 9.80 Å². The van der Waals surface area contributed by atoms with E-state index in [1.807, 2.05) is 40.6 Å². The van der Waals surface area contributed by atoms with Crippen molar-refractivity contribution in [1.29, 1.82) is 0 Å². The first-order valence-electron chi connectivity index (χ1n) is 8.95. The summed E-state index contributed by atoms with van der Waals surface area (Å²) in [5.41, 5.74) is 1.04. The zero-order chi connectivity index (χ0) is 17.1. The van der Waals surface area contributed by atoms with E-state index < -0.39 is 0 Å². The first-order valence-corrected chi connectivity index (χ1v) is 9.83. The number of fused-ring (bicyclic) bond motifs is 1. The number of rotatable bonds is 2. The summed E-state index contributed by atoms with van der Waals surface area (Å²) in [6.45, 7) is 6.24. The smallest absolute Gasteiger partial charge is 0.231 e. The summed E-state index contributed by atoms with van der Waals surface area (Å²) in [6.07, 6.45) is 3.31. The molecule has 1 saturated heterocycles. The van der Waals surface area contributed by atoms with Gasteiger partial charge in [-0.05, 0) is 31.4 Å². The molecule has 130 valence electrons. The third-order valence-electron chi connectivity index (χ3n) is 4.94. The second-order valence-electron chi connectivity index (χ2n) is 6.71. The molecule has 24 heavy (non-hydrogen) atoms. The number of para-hydroxylation sites is 1. The molecule has 0 saturated carbocycles. The van der Waals surface area contributed by atoms with Gasteiger partial charge in [-0.1, -0.05) is 26.0 Å². The average Bonchev–Trinajstić information content (AvgIpc) is 2.78. The second kappa shape index (κ2) is 7.60. The van der Waals surface area contributed by atoms with Crippen molar-refractivity contribution in [1.82, 2.24) is 4.90 Å². The minimum Gasteiger partial charge on any atom is -0.342 e. The standard InChI is InChI=1S/C19H26N2O2S/c1-3-18(22)20-11-6-7-15(13-20)19(23)21-12-10-14(2)24-17-9-5-4-8-16(17)21/h4-5,8-9,14-15H,3,6-7,10-13H2,1-2H3/t14-,15+/m0/s1. The molecule has 3 rings (SSSR count). The Bertz CT molecular complexity index is 619. The number of piperidine rings is 1. The molecule has 1 fully saturated rings. The molecule has 0 bridgehead atoms. The Labute approximate surface area is 148 Å². The highest BCUT2D eigenvalue weighted by atomic mass is 32.2. The normalized spacial score (nSPS) is 24.2. The van der Waals surface area contributed by atoms with Crippen LogP contribution in [-0.2, 0) is 9.59 Å². The van der Waals surface area contributed by atoms with Gasteiger partial charge in [0.25, 0.3) is 0 Å². The van der Waals surface area contributed by atoms with Crippen LogP contribution in [0, 0.1) is 5.92 Å². The second-order valence-corrected chi connectivity index (χ2v) is 8.19. The number of amides is 2. The van der Waals surface area contributed by atoms with Gasteiger partial charge in [0.1, 0.15) is 0 Å². The van der Waals surface area contributed by atoms with Crippen LogP contribution in [0.25, 0.3) is 0 Å². The van der Waals surface area contributed by atoms with Crippen LogP contribution >= 0.6 is 11.8 Å². The Hall–Kier alpha value is -1.49. The van der Waals surface area contributed by atoms with E-state index in [0.717, 1.165) is 38.0 Å². The molecule has 1 aromatic carbocycles. The summed E-state index contributed by atoms with van der Waals surface area (Å²) >= 11 is 1.85. The molecule has 2 amide bonds. The third-order valence-corrected chi connectivity index (χ3v) is 6.17. The maximum Gasteiger partial charge on any atom is 0.231 e. The first-order chi connectivity index (χ1) is 11.6. The summed E-state index contributed by atoms with van der Waals surface area (Å²) in [5.74, 6) is 0.277. The van der Waals surface area contributed by atoms with Gasteiger partial charge in [0.2, 0.25) is 11.8 Å². The van der Waals surface area contributed by atoms with Crippen molar-refractivity contribution in [3.05, 3.63) is 24.3 Å². The number of likely N-dealkylation sites (tertiary alicyclic amines) is 1. The van der Waals surface area contributed by atoms with Crippen molar-refractivity contribution in [2.45, 2.75) is 49.7 Å². The van der Waals surface area contributed by atoms with Crippen molar-refractivity contribution in [3.8, 4) is 0 Å². The van der Waals surface area contributed by atoms with Gasteiger partial charge in [0.05, 0.1) is 11.6 Å². The molecule has 5 heteroatoms. The van der Waals surface area contributed by atoms with Crippen LogP contribution in [0.2, 0.25) is 0 Å². The molecular formula is C19H26N2O2S. The van der Waals surface area contributed by atoms with E-state index in [4.69, 9.17) is 0 Å². The van der Waals surface area contributed by atoms with Gasteiger partial charge in [-0.2, -0.15) is 0 Å². The number of anilines is 1. The Morgan fingerprint density at radius 2 is 2.00 bits per heavy atom. The minimum absolute atomic E-state index is 0.0688. The fourth-order valence-electron chi connectivity index (χ4n) is 3.56. The Balaban J connectivity index is 1.80. The Kier molecular flexibility index (Phi) is 5.49. The van der Waals surface area contributed by atoms with E-state index >= 15 is 0 Å². The van der Waals surface area contributed by atoms with Crippen LogP contribution in [0.5, 0.6) is 0 Å². The predicted octanol–water partition coefficient (Wildman–Crippen LogP) is 3.55. The van der Waals surface area contributed by atoms with Crippen LogP contribution in [0.3, 0.4) is 0 Å². The lowest BCUT2D eigenvalue weighted by Gasteiger charge is -2.35. The lowest BCUT2D eigenvalue weighted by Crippen LogP contribution is -2.47. The number of carbonyl (C=O) groups excluding carboxylic acids is 2. The predicted molar refractivity (Wildman–Crippen MR) is 98.3 cm³/mol. The maximum atomic E-state index is 13.2. The average molecular weight is 346 g/mol. The van der Waals surface area contributed by atoms with Crippen molar-refractivity contribution >= 4 is 29.3 Å². The molecule has 0 radical (unpaired) electrons. The lowest BCUT2D eigenvalue weighted by molar-refractivity contribution is -0.134. The number of benzene rings is 1. The first kappa shape index (κ1) is 17.3. The van der Waals surface area contributed by atoms with E-state index in [1.165, 1.54) is 4.90 Å². The lowest BCUT2D eigenvalue weighted by atomic mass is 9.95. The molecule has 0 N–H and O–H groups in total. The van der Waals surface area contributed by atoms with Crippen molar-refractivity contribution in [2.75, 3.05) is 24.5 Å². The number of hydrogen-bond donors (Lipinski definition) is 0. The SMILES string of the molecule is CCC(=O)N1CCC[C@@H](C(=O)N2CC[C@H](C)Sc3ccccc32)C1. The van der Waals surface area contributed by atoms with Crippen molar-refractivity contribution < 1.29 is 9.59 Å². The van der Waals surface area contributed by atoms with Crippen LogP contribution in [-0.4, -0.2) is 41.6 Å². The molecule has 0 aromatic heterocycles. The highest BCUT2D eigenvalue weighted by molar-refractivity contribution is 8.00. The molecule has 2 heterocycles. The van der Waals surface area contributed by atoms with Crippen LogP contribution in [0.4, 0.5) is 5.69 Å². The molecule has 2 aliphatic heterocycles. The topological polar surface area (TPSA) is 40.6 Å². The van der Waals surface area contributed by atoms with Gasteiger partial charge >= 0.3 is 0 Å². The zero-order valence-corrected chi connectivity index (χ0v) is 15.3. The van der Waals surface area contributed by atoms with E-state index in [9.17, 15) is 9.59 Å².